The van der Waals surface area contributed by atoms with Crippen molar-refractivity contribution in [2.24, 2.45) is 0 Å². The van der Waals surface area contributed by atoms with Gasteiger partial charge in [-0.15, -0.1) is 0 Å². The molecule has 0 spiro atoms. The Balaban J connectivity index is 2.46. The van der Waals surface area contributed by atoms with E-state index in [-0.39, 0.29) is 5.91 Å². The molecule has 15 heavy (non-hydrogen) atoms. The molecule has 2 rings (SSSR count). The lowest BCUT2D eigenvalue weighted by atomic mass is 10.2. The molecule has 0 atom stereocenters. The number of fused-ring (bicyclic) bond motifs is 1. The van der Waals surface area contributed by atoms with Crippen LogP contribution in [0, 0.1) is 0 Å². The summed E-state index contributed by atoms with van der Waals surface area (Å²) in [6.07, 6.45) is 1.50. The number of nitrogens with zero attached hydrogens (tertiary/aromatic N) is 1. The standard InChI is InChI=1S/C11H11Br2NO/c1-2-10(15)14-4-3-7-5-8(12)6-9(13)11(7)14/h5-6H,2-4H2,1H3. The number of rotatable bonds is 1. The summed E-state index contributed by atoms with van der Waals surface area (Å²) in [5.41, 5.74) is 2.28. The Morgan fingerprint density at radius 3 is 2.87 bits per heavy atom. The molecule has 0 saturated heterocycles. The maximum absolute atomic E-state index is 11.7. The number of amides is 1. The minimum absolute atomic E-state index is 0.191. The molecule has 1 aliphatic rings. The van der Waals surface area contributed by atoms with Crippen molar-refractivity contribution in [1.82, 2.24) is 0 Å². The van der Waals surface area contributed by atoms with Gasteiger partial charge < -0.3 is 4.90 Å². The highest BCUT2D eigenvalue weighted by molar-refractivity contribution is 9.11. The minimum atomic E-state index is 0.191. The van der Waals surface area contributed by atoms with Crippen LogP contribution in [0.2, 0.25) is 0 Å². The zero-order valence-corrected chi connectivity index (χ0v) is 11.6. The molecule has 0 radical (unpaired) electrons. The van der Waals surface area contributed by atoms with E-state index in [0.29, 0.717) is 6.42 Å². The van der Waals surface area contributed by atoms with Crippen molar-refractivity contribution < 1.29 is 4.79 Å². The van der Waals surface area contributed by atoms with Gasteiger partial charge in [-0.2, -0.15) is 0 Å². The van der Waals surface area contributed by atoms with E-state index < -0.39 is 0 Å². The van der Waals surface area contributed by atoms with Crippen molar-refractivity contribution in [3.8, 4) is 0 Å². The molecule has 0 aromatic heterocycles. The van der Waals surface area contributed by atoms with E-state index in [1.165, 1.54) is 5.56 Å². The number of hydrogen-bond acceptors (Lipinski definition) is 1. The fourth-order valence-corrected chi connectivity index (χ4v) is 3.42. The summed E-state index contributed by atoms with van der Waals surface area (Å²) in [4.78, 5) is 13.6. The average Bonchev–Trinajstić information content (AvgIpc) is 2.60. The van der Waals surface area contributed by atoms with Crippen molar-refractivity contribution in [3.63, 3.8) is 0 Å². The van der Waals surface area contributed by atoms with Crippen molar-refractivity contribution >= 4 is 43.5 Å². The fraction of sp³-hybridized carbons (Fsp3) is 0.364. The smallest absolute Gasteiger partial charge is 0.226 e. The van der Waals surface area contributed by atoms with E-state index in [1.54, 1.807) is 0 Å². The normalized spacial score (nSPS) is 14.2. The van der Waals surface area contributed by atoms with Crippen LogP contribution in [0.15, 0.2) is 21.1 Å². The first kappa shape index (κ1) is 11.1. The Bertz CT molecular complexity index is 417. The number of anilines is 1. The van der Waals surface area contributed by atoms with Gasteiger partial charge in [-0.1, -0.05) is 22.9 Å². The highest BCUT2D eigenvalue weighted by Crippen LogP contribution is 2.38. The van der Waals surface area contributed by atoms with E-state index in [4.69, 9.17) is 0 Å². The van der Waals surface area contributed by atoms with Gasteiger partial charge in [0, 0.05) is 21.9 Å². The molecule has 1 aliphatic heterocycles. The number of carbonyl (C=O) groups is 1. The van der Waals surface area contributed by atoms with Gasteiger partial charge in [-0.25, -0.2) is 0 Å². The summed E-state index contributed by atoms with van der Waals surface area (Å²) in [7, 11) is 0. The first-order chi connectivity index (χ1) is 7.13. The van der Waals surface area contributed by atoms with Gasteiger partial charge in [0.1, 0.15) is 0 Å². The van der Waals surface area contributed by atoms with Gasteiger partial charge in [0.2, 0.25) is 5.91 Å². The lowest BCUT2D eigenvalue weighted by Crippen LogP contribution is -2.28. The second-order valence-corrected chi connectivity index (χ2v) is 5.31. The predicted molar refractivity (Wildman–Crippen MR) is 68.2 cm³/mol. The molecule has 0 bridgehead atoms. The zero-order chi connectivity index (χ0) is 11.0. The summed E-state index contributed by atoms with van der Waals surface area (Å²) >= 11 is 6.97. The molecule has 1 aromatic rings. The fourth-order valence-electron chi connectivity index (χ4n) is 1.90. The van der Waals surface area contributed by atoms with E-state index in [1.807, 2.05) is 17.9 Å². The van der Waals surface area contributed by atoms with Crippen LogP contribution in [0.3, 0.4) is 0 Å². The monoisotopic (exact) mass is 331 g/mol. The lowest BCUT2D eigenvalue weighted by molar-refractivity contribution is -0.118. The number of hydrogen-bond donors (Lipinski definition) is 0. The highest BCUT2D eigenvalue weighted by Gasteiger charge is 2.25. The number of benzene rings is 1. The summed E-state index contributed by atoms with van der Waals surface area (Å²) in [5.74, 6) is 0.191. The van der Waals surface area contributed by atoms with Crippen LogP contribution in [-0.2, 0) is 11.2 Å². The van der Waals surface area contributed by atoms with Crippen LogP contribution in [0.25, 0.3) is 0 Å². The van der Waals surface area contributed by atoms with Gasteiger partial charge in [0.25, 0.3) is 0 Å². The average molecular weight is 333 g/mol. The second-order valence-electron chi connectivity index (χ2n) is 3.54. The van der Waals surface area contributed by atoms with Gasteiger partial charge in [0.05, 0.1) is 5.69 Å². The van der Waals surface area contributed by atoms with Gasteiger partial charge in [-0.05, 0) is 40.0 Å². The first-order valence-corrected chi connectivity index (χ1v) is 6.50. The molecule has 0 unspecified atom stereocenters. The lowest BCUT2D eigenvalue weighted by Gasteiger charge is -2.17. The molecule has 80 valence electrons. The van der Waals surface area contributed by atoms with Crippen molar-refractivity contribution in [1.29, 1.82) is 0 Å². The maximum atomic E-state index is 11.7. The van der Waals surface area contributed by atoms with Crippen molar-refractivity contribution in [2.75, 3.05) is 11.4 Å². The molecule has 2 nitrogen and oxygen atoms in total. The van der Waals surface area contributed by atoms with Crippen LogP contribution in [-0.4, -0.2) is 12.5 Å². The Hall–Kier alpha value is -0.350. The molecule has 1 aromatic carbocycles. The summed E-state index contributed by atoms with van der Waals surface area (Å²) in [5, 5.41) is 0. The van der Waals surface area contributed by atoms with Crippen LogP contribution < -0.4 is 4.90 Å². The van der Waals surface area contributed by atoms with Crippen LogP contribution in [0.5, 0.6) is 0 Å². The molecular weight excluding hydrogens is 322 g/mol. The SMILES string of the molecule is CCC(=O)N1CCc2cc(Br)cc(Br)c21. The van der Waals surface area contributed by atoms with Crippen LogP contribution in [0.4, 0.5) is 5.69 Å². The highest BCUT2D eigenvalue weighted by atomic mass is 79.9. The van der Waals surface area contributed by atoms with E-state index in [2.05, 4.69) is 37.9 Å². The van der Waals surface area contributed by atoms with Gasteiger partial charge in [-0.3, -0.25) is 4.79 Å². The largest absolute Gasteiger partial charge is 0.311 e. The number of halogens is 2. The van der Waals surface area contributed by atoms with E-state index in [0.717, 1.165) is 27.6 Å². The predicted octanol–water partition coefficient (Wildman–Crippen LogP) is 3.51. The van der Waals surface area contributed by atoms with Gasteiger partial charge >= 0.3 is 0 Å². The molecule has 0 fully saturated rings. The number of carbonyl (C=O) groups excluding carboxylic acids is 1. The second kappa shape index (κ2) is 4.26. The van der Waals surface area contributed by atoms with Gasteiger partial charge in [0.15, 0.2) is 0 Å². The third-order valence-electron chi connectivity index (χ3n) is 2.59. The Morgan fingerprint density at radius 1 is 1.47 bits per heavy atom. The summed E-state index contributed by atoms with van der Waals surface area (Å²) < 4.78 is 2.05. The molecule has 0 saturated carbocycles. The molecular formula is C11H11Br2NO. The molecule has 0 aliphatic carbocycles. The molecule has 1 heterocycles. The zero-order valence-electron chi connectivity index (χ0n) is 8.39. The Morgan fingerprint density at radius 2 is 2.20 bits per heavy atom. The van der Waals surface area contributed by atoms with Crippen molar-refractivity contribution in [3.05, 3.63) is 26.6 Å². The Kier molecular flexibility index (Phi) is 3.16. The van der Waals surface area contributed by atoms with E-state index in [9.17, 15) is 4.79 Å². The topological polar surface area (TPSA) is 20.3 Å². The Labute approximate surface area is 106 Å². The molecule has 4 heteroatoms. The third-order valence-corrected chi connectivity index (χ3v) is 3.65. The maximum Gasteiger partial charge on any atom is 0.226 e. The van der Waals surface area contributed by atoms with Crippen molar-refractivity contribution in [2.45, 2.75) is 19.8 Å². The van der Waals surface area contributed by atoms with Crippen LogP contribution in [0.1, 0.15) is 18.9 Å². The first-order valence-electron chi connectivity index (χ1n) is 4.91. The third kappa shape index (κ3) is 1.97. The molecule has 1 amide bonds. The summed E-state index contributed by atoms with van der Waals surface area (Å²) in [6.45, 7) is 2.70. The quantitative estimate of drug-likeness (QED) is 0.770. The summed E-state index contributed by atoms with van der Waals surface area (Å²) in [6, 6.07) is 4.07. The van der Waals surface area contributed by atoms with Crippen LogP contribution >= 0.6 is 31.9 Å². The minimum Gasteiger partial charge on any atom is -0.311 e. The molecule has 0 N–H and O–H groups in total. The van der Waals surface area contributed by atoms with E-state index >= 15 is 0 Å².